The minimum Gasteiger partial charge on any atom is -0.0558 e. The molecule has 0 fully saturated rings. The van der Waals surface area contributed by atoms with Gasteiger partial charge in [-0.25, -0.2) is 0 Å². The predicted octanol–water partition coefficient (Wildman–Crippen LogP) is 5.94. The fourth-order valence-electron chi connectivity index (χ4n) is 3.60. The Balaban J connectivity index is 2.40. The van der Waals surface area contributed by atoms with E-state index in [0.717, 1.165) is 12.8 Å². The quantitative estimate of drug-likeness (QED) is 0.657. The Morgan fingerprint density at radius 3 is 0.909 bits per heavy atom. The van der Waals surface area contributed by atoms with Crippen molar-refractivity contribution in [3.8, 4) is 0 Å². The zero-order chi connectivity index (χ0) is 16.6. The van der Waals surface area contributed by atoms with Crippen LogP contribution in [0.25, 0.3) is 0 Å². The van der Waals surface area contributed by atoms with Crippen molar-refractivity contribution in [1.82, 2.24) is 0 Å². The van der Waals surface area contributed by atoms with Gasteiger partial charge in [0.05, 0.1) is 0 Å². The van der Waals surface area contributed by atoms with E-state index in [9.17, 15) is 0 Å². The largest absolute Gasteiger partial charge is 0.0558 e. The first-order chi connectivity index (χ1) is 10.2. The summed E-state index contributed by atoms with van der Waals surface area (Å²) < 4.78 is 0. The van der Waals surface area contributed by atoms with E-state index < -0.39 is 0 Å². The zero-order valence-electron chi connectivity index (χ0n) is 15.6. The van der Waals surface area contributed by atoms with Crippen LogP contribution in [0.1, 0.15) is 55.6 Å². The summed E-state index contributed by atoms with van der Waals surface area (Å²) in [6.45, 7) is 18.0. The van der Waals surface area contributed by atoms with Crippen LogP contribution in [-0.2, 0) is 12.8 Å². The minimum absolute atomic E-state index is 1.14. The van der Waals surface area contributed by atoms with Crippen molar-refractivity contribution in [2.45, 2.75) is 68.2 Å². The molecule has 0 atom stereocenters. The van der Waals surface area contributed by atoms with Crippen molar-refractivity contribution in [3.63, 3.8) is 0 Å². The van der Waals surface area contributed by atoms with Crippen LogP contribution in [0.2, 0.25) is 0 Å². The van der Waals surface area contributed by atoms with Crippen molar-refractivity contribution in [1.29, 1.82) is 0 Å². The Hall–Kier alpha value is -1.56. The van der Waals surface area contributed by atoms with Gasteiger partial charge in [0.15, 0.2) is 0 Å². The fraction of sp³-hybridized carbons (Fsp3) is 0.455. The van der Waals surface area contributed by atoms with E-state index in [4.69, 9.17) is 0 Å². The average Bonchev–Trinajstić information content (AvgIpc) is 2.46. The molecule has 0 spiro atoms. The second kappa shape index (κ2) is 6.28. The van der Waals surface area contributed by atoms with Gasteiger partial charge in [-0.1, -0.05) is 12.1 Å². The van der Waals surface area contributed by atoms with Crippen LogP contribution < -0.4 is 0 Å². The second-order valence-electron chi connectivity index (χ2n) is 6.98. The third-order valence-corrected chi connectivity index (χ3v) is 5.67. The Kier molecular flexibility index (Phi) is 4.80. The third kappa shape index (κ3) is 2.97. The molecule has 2 aromatic carbocycles. The van der Waals surface area contributed by atoms with E-state index in [-0.39, 0.29) is 0 Å². The highest BCUT2D eigenvalue weighted by molar-refractivity contribution is 5.47. The predicted molar refractivity (Wildman–Crippen MR) is 98.2 cm³/mol. The van der Waals surface area contributed by atoms with Crippen LogP contribution in [0.3, 0.4) is 0 Å². The fourth-order valence-corrected chi connectivity index (χ4v) is 3.60. The van der Waals surface area contributed by atoms with Crippen LogP contribution in [0.4, 0.5) is 0 Å². The Morgan fingerprint density at radius 2 is 0.682 bits per heavy atom. The van der Waals surface area contributed by atoms with Gasteiger partial charge in [0.1, 0.15) is 0 Å². The van der Waals surface area contributed by atoms with Gasteiger partial charge in [-0.05, 0) is 124 Å². The molecule has 0 heterocycles. The minimum atomic E-state index is 1.14. The molecule has 0 amide bonds. The summed E-state index contributed by atoms with van der Waals surface area (Å²) in [6.07, 6.45) is 2.29. The number of hydrogen-bond donors (Lipinski definition) is 0. The van der Waals surface area contributed by atoms with Crippen molar-refractivity contribution < 1.29 is 0 Å². The number of aryl methyl sites for hydroxylation is 4. The van der Waals surface area contributed by atoms with Gasteiger partial charge in [-0.3, -0.25) is 0 Å². The summed E-state index contributed by atoms with van der Waals surface area (Å²) in [7, 11) is 0. The first kappa shape index (κ1) is 16.8. The molecule has 118 valence electrons. The Bertz CT molecular complexity index is 602. The molecule has 0 radical (unpaired) electrons. The van der Waals surface area contributed by atoms with Crippen molar-refractivity contribution in [2.24, 2.45) is 0 Å². The SMILES string of the molecule is Cc1cc(C)c(C)c(CCc2c(C)c(C)cc(C)c2C)c1C. The summed E-state index contributed by atoms with van der Waals surface area (Å²) in [5.74, 6) is 0. The summed E-state index contributed by atoms with van der Waals surface area (Å²) >= 11 is 0. The monoisotopic (exact) mass is 294 g/mol. The molecule has 0 aromatic heterocycles. The van der Waals surface area contributed by atoms with Crippen LogP contribution in [-0.4, -0.2) is 0 Å². The Labute approximate surface area is 136 Å². The van der Waals surface area contributed by atoms with E-state index in [1.54, 1.807) is 11.1 Å². The van der Waals surface area contributed by atoms with Crippen molar-refractivity contribution in [2.75, 3.05) is 0 Å². The molecule has 2 aromatic rings. The molecular formula is C22H30. The highest BCUT2D eigenvalue weighted by atomic mass is 14.2. The topological polar surface area (TPSA) is 0 Å². The molecule has 0 heteroatoms. The van der Waals surface area contributed by atoms with Gasteiger partial charge in [0.25, 0.3) is 0 Å². The molecule has 0 aliphatic carbocycles. The summed E-state index contributed by atoms with van der Waals surface area (Å²) in [4.78, 5) is 0. The number of rotatable bonds is 3. The first-order valence-corrected chi connectivity index (χ1v) is 8.36. The molecule has 0 unspecified atom stereocenters. The maximum atomic E-state index is 2.32. The lowest BCUT2D eigenvalue weighted by atomic mass is 9.87. The summed E-state index contributed by atoms with van der Waals surface area (Å²) in [5.41, 5.74) is 14.7. The lowest BCUT2D eigenvalue weighted by Gasteiger charge is -2.18. The van der Waals surface area contributed by atoms with Gasteiger partial charge in [-0.2, -0.15) is 0 Å². The van der Waals surface area contributed by atoms with Crippen molar-refractivity contribution >= 4 is 0 Å². The van der Waals surface area contributed by atoms with Crippen LogP contribution in [0, 0.1) is 55.4 Å². The lowest BCUT2D eigenvalue weighted by molar-refractivity contribution is 0.905. The lowest BCUT2D eigenvalue weighted by Crippen LogP contribution is -2.05. The van der Waals surface area contributed by atoms with E-state index in [0.29, 0.717) is 0 Å². The summed E-state index contributed by atoms with van der Waals surface area (Å²) in [5, 5.41) is 0. The Morgan fingerprint density at radius 1 is 0.455 bits per heavy atom. The number of benzene rings is 2. The molecule has 0 saturated carbocycles. The molecular weight excluding hydrogens is 264 g/mol. The molecule has 0 bridgehead atoms. The maximum Gasteiger partial charge on any atom is -0.0233 e. The molecule has 0 N–H and O–H groups in total. The molecule has 0 saturated heterocycles. The zero-order valence-corrected chi connectivity index (χ0v) is 15.6. The standard InChI is InChI=1S/C22H30/c1-13-11-14(2)18(6)21(17(13)5)9-10-22-19(7)15(3)12-16(4)20(22)8/h11-12H,9-10H2,1-8H3. The van der Waals surface area contributed by atoms with E-state index >= 15 is 0 Å². The highest BCUT2D eigenvalue weighted by Crippen LogP contribution is 2.26. The average molecular weight is 294 g/mol. The van der Waals surface area contributed by atoms with Gasteiger partial charge in [0, 0.05) is 0 Å². The smallest absolute Gasteiger partial charge is 0.0233 e. The second-order valence-corrected chi connectivity index (χ2v) is 6.98. The van der Waals surface area contributed by atoms with Crippen molar-refractivity contribution in [3.05, 3.63) is 67.8 Å². The van der Waals surface area contributed by atoms with E-state index in [2.05, 4.69) is 67.5 Å². The normalized spacial score (nSPS) is 11.1. The van der Waals surface area contributed by atoms with E-state index in [1.165, 1.54) is 44.5 Å². The molecule has 0 nitrogen and oxygen atoms in total. The highest BCUT2D eigenvalue weighted by Gasteiger charge is 2.12. The molecule has 2 rings (SSSR count). The maximum absolute atomic E-state index is 2.32. The van der Waals surface area contributed by atoms with Crippen LogP contribution >= 0.6 is 0 Å². The van der Waals surface area contributed by atoms with Gasteiger partial charge in [-0.15, -0.1) is 0 Å². The number of hydrogen-bond acceptors (Lipinski definition) is 0. The van der Waals surface area contributed by atoms with Crippen LogP contribution in [0.15, 0.2) is 12.1 Å². The van der Waals surface area contributed by atoms with Gasteiger partial charge in [0.2, 0.25) is 0 Å². The molecule has 0 aliphatic rings. The molecule has 0 aliphatic heterocycles. The van der Waals surface area contributed by atoms with Gasteiger partial charge < -0.3 is 0 Å². The molecule has 22 heavy (non-hydrogen) atoms. The van der Waals surface area contributed by atoms with E-state index in [1.807, 2.05) is 0 Å². The first-order valence-electron chi connectivity index (χ1n) is 8.36. The van der Waals surface area contributed by atoms with Crippen LogP contribution in [0.5, 0.6) is 0 Å². The third-order valence-electron chi connectivity index (χ3n) is 5.67. The summed E-state index contributed by atoms with van der Waals surface area (Å²) in [6, 6.07) is 4.64. The van der Waals surface area contributed by atoms with Gasteiger partial charge >= 0.3 is 0 Å².